The van der Waals surface area contributed by atoms with Gasteiger partial charge in [0.2, 0.25) is 5.67 Å². The summed E-state index contributed by atoms with van der Waals surface area (Å²) in [6, 6.07) is 27.5. The quantitative estimate of drug-likeness (QED) is 0.0486. The van der Waals surface area contributed by atoms with Crippen molar-refractivity contribution in [2.24, 2.45) is 0 Å². The van der Waals surface area contributed by atoms with E-state index < -0.39 is 49.5 Å². The lowest BCUT2D eigenvalue weighted by Crippen LogP contribution is -2.47. The molecule has 5 atom stereocenters. The van der Waals surface area contributed by atoms with Crippen molar-refractivity contribution in [3.05, 3.63) is 141 Å². The van der Waals surface area contributed by atoms with Crippen LogP contribution >= 0.6 is 8.53 Å². The number of benzene rings is 3. The Kier molecular flexibility index (Phi) is 13.8. The van der Waals surface area contributed by atoms with Crippen molar-refractivity contribution >= 4 is 8.53 Å². The molecule has 1 unspecified atom stereocenters. The van der Waals surface area contributed by atoms with E-state index in [0.29, 0.717) is 11.5 Å². The third-order valence-electron chi connectivity index (χ3n) is 9.38. The van der Waals surface area contributed by atoms with Gasteiger partial charge in [-0.3, -0.25) is 14.3 Å². The van der Waals surface area contributed by atoms with Crippen LogP contribution in [0.4, 0.5) is 4.39 Å². The predicted octanol–water partition coefficient (Wildman–Crippen LogP) is 7.02. The smallest absolute Gasteiger partial charge is 0.330 e. The first kappa shape index (κ1) is 41.5. The normalized spacial score (nSPS) is 20.4. The average molecular weight is 775 g/mol. The maximum absolute atomic E-state index is 17.9. The number of rotatable bonds is 18. The maximum Gasteiger partial charge on any atom is 0.330 e. The molecule has 55 heavy (non-hydrogen) atoms. The second kappa shape index (κ2) is 18.3. The summed E-state index contributed by atoms with van der Waals surface area (Å²) in [6.07, 6.45) is -1.95. The van der Waals surface area contributed by atoms with Gasteiger partial charge in [-0.15, -0.1) is 0 Å². The highest BCUT2D eigenvalue weighted by Gasteiger charge is 2.60. The number of halogens is 1. The lowest BCUT2D eigenvalue weighted by atomic mass is 9.80. The Labute approximate surface area is 322 Å². The van der Waals surface area contributed by atoms with Crippen LogP contribution in [0.15, 0.2) is 113 Å². The Morgan fingerprint density at radius 3 is 2.02 bits per heavy atom. The molecule has 1 fully saturated rings. The van der Waals surface area contributed by atoms with Crippen LogP contribution in [0.3, 0.4) is 0 Å². The second-order valence-electron chi connectivity index (χ2n) is 13.5. The molecule has 0 radical (unpaired) electrons. The van der Waals surface area contributed by atoms with Crippen LogP contribution in [-0.2, 0) is 24.1 Å². The van der Waals surface area contributed by atoms with E-state index in [-0.39, 0.29) is 31.7 Å². The summed E-state index contributed by atoms with van der Waals surface area (Å²) in [5.74, 6) is 1.28. The van der Waals surface area contributed by atoms with Gasteiger partial charge in [-0.25, -0.2) is 13.9 Å². The number of nitrogens with one attached hydrogen (secondary N) is 1. The Bertz CT molecular complexity index is 1960. The number of aromatic nitrogens is 2. The first-order chi connectivity index (χ1) is 26.4. The molecule has 12 nitrogen and oxygen atoms in total. The van der Waals surface area contributed by atoms with Crippen LogP contribution < -0.4 is 20.7 Å². The highest BCUT2D eigenvalue weighted by molar-refractivity contribution is 7.44. The highest BCUT2D eigenvalue weighted by Crippen LogP contribution is 2.54. The first-order valence-corrected chi connectivity index (χ1v) is 19.1. The molecule has 0 bridgehead atoms. The van der Waals surface area contributed by atoms with Crippen molar-refractivity contribution in [2.45, 2.75) is 75.9 Å². The number of alkyl halides is 1. The molecule has 1 saturated heterocycles. The van der Waals surface area contributed by atoms with Gasteiger partial charge in [-0.1, -0.05) is 61.2 Å². The third-order valence-corrected chi connectivity index (χ3v) is 11.5. The molecular formula is C41H48FN4O8P. The van der Waals surface area contributed by atoms with Gasteiger partial charge in [0.15, 0.2) is 6.23 Å². The molecule has 0 spiro atoms. The number of nitrogens with zero attached hydrogens (tertiary/aromatic N) is 3. The van der Waals surface area contributed by atoms with Gasteiger partial charge in [0.1, 0.15) is 29.3 Å². The number of aromatic amines is 1. The summed E-state index contributed by atoms with van der Waals surface area (Å²) in [5.41, 5.74) is -3.16. The minimum absolute atomic E-state index is 0.0368. The molecule has 292 valence electrons. The van der Waals surface area contributed by atoms with Crippen LogP contribution in [0.5, 0.6) is 11.5 Å². The van der Waals surface area contributed by atoms with Crippen molar-refractivity contribution in [2.75, 3.05) is 27.4 Å². The molecule has 1 aliphatic heterocycles. The van der Waals surface area contributed by atoms with Crippen LogP contribution in [-0.4, -0.2) is 71.6 Å². The van der Waals surface area contributed by atoms with Crippen molar-refractivity contribution in [3.63, 3.8) is 0 Å². The van der Waals surface area contributed by atoms with Crippen LogP contribution in [0.2, 0.25) is 0 Å². The van der Waals surface area contributed by atoms with Gasteiger partial charge in [-0.2, -0.15) is 5.26 Å². The lowest BCUT2D eigenvalue weighted by Gasteiger charge is -2.40. The van der Waals surface area contributed by atoms with E-state index in [9.17, 15) is 14.9 Å². The number of methoxy groups -OCH3 is 2. The van der Waals surface area contributed by atoms with Gasteiger partial charge in [0.25, 0.3) is 14.1 Å². The zero-order valence-electron chi connectivity index (χ0n) is 31.9. The number of hydrogen-bond donors (Lipinski definition) is 1. The van der Waals surface area contributed by atoms with Gasteiger partial charge >= 0.3 is 5.69 Å². The number of H-pyrrole nitrogens is 1. The van der Waals surface area contributed by atoms with E-state index in [1.54, 1.807) is 14.2 Å². The Balaban J connectivity index is 1.68. The number of ether oxygens (including phenoxy) is 4. The summed E-state index contributed by atoms with van der Waals surface area (Å²) in [6.45, 7) is 11.5. The van der Waals surface area contributed by atoms with E-state index in [4.69, 9.17) is 28.0 Å². The fourth-order valence-corrected chi connectivity index (χ4v) is 8.62. The summed E-state index contributed by atoms with van der Waals surface area (Å²) in [7, 11) is 1.16. The van der Waals surface area contributed by atoms with Crippen molar-refractivity contribution in [1.82, 2.24) is 14.2 Å². The van der Waals surface area contributed by atoms with Gasteiger partial charge < -0.3 is 28.0 Å². The van der Waals surface area contributed by atoms with Crippen LogP contribution in [0.1, 0.15) is 57.0 Å². The molecule has 2 heterocycles. The number of nitriles is 1. The van der Waals surface area contributed by atoms with Crippen LogP contribution in [0, 0.1) is 11.3 Å². The minimum atomic E-state index is -2.55. The highest BCUT2D eigenvalue weighted by atomic mass is 31.2. The fourth-order valence-electron chi connectivity index (χ4n) is 6.82. The van der Waals surface area contributed by atoms with Gasteiger partial charge in [0, 0.05) is 24.3 Å². The topological polar surface area (TPSA) is 137 Å². The largest absolute Gasteiger partial charge is 0.497 e. The lowest BCUT2D eigenvalue weighted by molar-refractivity contribution is -0.0948. The molecule has 14 heteroatoms. The van der Waals surface area contributed by atoms with Crippen molar-refractivity contribution < 1.29 is 32.4 Å². The molecule has 0 aliphatic carbocycles. The molecular weight excluding hydrogens is 726 g/mol. The average Bonchev–Trinajstić information content (AvgIpc) is 3.46. The molecule has 5 rings (SSSR count). The van der Waals surface area contributed by atoms with Gasteiger partial charge in [-0.05, 0) is 74.7 Å². The molecule has 0 saturated carbocycles. The van der Waals surface area contributed by atoms with Crippen molar-refractivity contribution in [1.29, 1.82) is 5.26 Å². The zero-order chi connectivity index (χ0) is 39.8. The molecule has 0 amide bonds. The molecule has 1 aromatic heterocycles. The van der Waals surface area contributed by atoms with E-state index >= 15 is 4.39 Å². The minimum Gasteiger partial charge on any atom is -0.497 e. The summed E-state index contributed by atoms with van der Waals surface area (Å²) in [4.78, 5) is 27.4. The summed E-state index contributed by atoms with van der Waals surface area (Å²) >= 11 is 0. The van der Waals surface area contributed by atoms with E-state index in [1.807, 2.05) is 111 Å². The Hall–Kier alpha value is -4.67. The Morgan fingerprint density at radius 1 is 0.964 bits per heavy atom. The molecule has 3 aromatic carbocycles. The number of hydrogen-bond acceptors (Lipinski definition) is 10. The fraction of sp³-hybridized carbons (Fsp3) is 0.390. The Morgan fingerprint density at radius 2 is 1.53 bits per heavy atom. The monoisotopic (exact) mass is 774 g/mol. The molecule has 1 aliphatic rings. The third kappa shape index (κ3) is 8.76. The maximum atomic E-state index is 17.9. The second-order valence-corrected chi connectivity index (χ2v) is 14.9. The van der Waals surface area contributed by atoms with Crippen LogP contribution in [0.25, 0.3) is 0 Å². The summed E-state index contributed by atoms with van der Waals surface area (Å²) < 4.78 is 58.4. The zero-order valence-corrected chi connectivity index (χ0v) is 32.8. The predicted molar refractivity (Wildman–Crippen MR) is 208 cm³/mol. The standard InChI is InChI=1S/C41H48FN4O8P/c1-8-40(42)37(54-55(52-26-12-24-43)46(28(2)3)29(4)5)35(53-38(40)45-25-23-36(47)44-39(45)48)27-51-41(30-13-10-9-11-14-30,31-15-19-33(49-6)20-16-31)32-17-21-34(50-7)22-18-32/h8-11,13-23,25,28-29,35,37-38H,1,12,26-27H2,2-7H3,(H,44,47,48)/t35-,37-,38-,40-,55?/m1/s1. The molecule has 1 N–H and O–H groups in total. The van der Waals surface area contributed by atoms with Gasteiger partial charge in [0.05, 0.1) is 39.9 Å². The molecule has 4 aromatic rings. The first-order valence-electron chi connectivity index (χ1n) is 18.0. The van der Waals surface area contributed by atoms with E-state index in [1.165, 1.54) is 6.20 Å². The van der Waals surface area contributed by atoms with Crippen molar-refractivity contribution in [3.8, 4) is 17.6 Å². The SMILES string of the molecule is C=C[C@@]1(F)[C@H](OP(OCCC#N)N(C(C)C)C(C)C)[C@@H](COC(c2ccccc2)(c2ccc(OC)cc2)c2ccc(OC)cc2)O[C@H]1n1ccc(=O)[nH]c1=O. The summed E-state index contributed by atoms with van der Waals surface area (Å²) in [5, 5.41) is 9.32. The van der Waals surface area contributed by atoms with E-state index in [2.05, 4.69) is 17.6 Å². The van der Waals surface area contributed by atoms with E-state index in [0.717, 1.165) is 33.4 Å².